The number of alkyl halides is 3. The van der Waals surface area contributed by atoms with Crippen LogP contribution in [0, 0.1) is 0 Å². The molecule has 4 aromatic rings. The van der Waals surface area contributed by atoms with Crippen LogP contribution in [0.2, 0.25) is 0 Å². The molecular weight excluding hydrogens is 479 g/mol. The minimum atomic E-state index is -4.67. The molecule has 4 rings (SSSR count). The highest BCUT2D eigenvalue weighted by Crippen LogP contribution is 2.34. The van der Waals surface area contributed by atoms with Crippen LogP contribution in [0.4, 0.5) is 18.2 Å². The lowest BCUT2D eigenvalue weighted by atomic mass is 10.2. The lowest BCUT2D eigenvalue weighted by molar-refractivity contribution is -0.142. The van der Waals surface area contributed by atoms with Gasteiger partial charge in [0.1, 0.15) is 11.5 Å². The molecule has 0 amide bonds. The minimum Gasteiger partial charge on any atom is -0.497 e. The van der Waals surface area contributed by atoms with Gasteiger partial charge in [0.2, 0.25) is 0 Å². The molecule has 0 N–H and O–H groups in total. The van der Waals surface area contributed by atoms with Gasteiger partial charge in [0, 0.05) is 18.0 Å². The van der Waals surface area contributed by atoms with Crippen LogP contribution in [0.25, 0.3) is 23.1 Å². The van der Waals surface area contributed by atoms with Crippen molar-refractivity contribution >= 4 is 28.1 Å². The second-order valence-corrected chi connectivity index (χ2v) is 8.93. The maximum Gasteiger partial charge on any atom is 0.435 e. The molecule has 3 aromatic heterocycles. The van der Waals surface area contributed by atoms with E-state index >= 15 is 0 Å². The van der Waals surface area contributed by atoms with Gasteiger partial charge in [-0.25, -0.2) is 0 Å². The first-order chi connectivity index (χ1) is 16.8. The van der Waals surface area contributed by atoms with Gasteiger partial charge < -0.3 is 14.4 Å². The van der Waals surface area contributed by atoms with Crippen molar-refractivity contribution in [1.82, 2.24) is 19.8 Å². The van der Waals surface area contributed by atoms with E-state index in [1.54, 1.807) is 18.2 Å². The molecule has 0 radical (unpaired) electrons. The van der Waals surface area contributed by atoms with E-state index < -0.39 is 11.9 Å². The number of nitrogens with zero attached hydrogens (tertiary/aromatic N) is 5. The maximum absolute atomic E-state index is 14.0. The number of anilines is 1. The van der Waals surface area contributed by atoms with Crippen LogP contribution in [-0.2, 0) is 6.18 Å². The average Bonchev–Trinajstić information content (AvgIpc) is 3.55. The smallest absolute Gasteiger partial charge is 0.435 e. The summed E-state index contributed by atoms with van der Waals surface area (Å²) in [5.74, 6) is 1.04. The van der Waals surface area contributed by atoms with E-state index in [1.165, 1.54) is 31.6 Å². The molecule has 0 atom stereocenters. The molecule has 0 saturated carbocycles. The maximum atomic E-state index is 14.0. The third-order valence-corrected chi connectivity index (χ3v) is 6.72. The third-order valence-electron chi connectivity index (χ3n) is 5.63. The molecule has 186 valence electrons. The van der Waals surface area contributed by atoms with E-state index in [2.05, 4.69) is 34.0 Å². The lowest BCUT2D eigenvalue weighted by Gasteiger charge is -2.20. The molecule has 7 nitrogen and oxygen atoms in total. The summed E-state index contributed by atoms with van der Waals surface area (Å²) < 4.78 is 53.8. The fourth-order valence-electron chi connectivity index (χ4n) is 3.81. The predicted molar refractivity (Wildman–Crippen MR) is 130 cm³/mol. The largest absolute Gasteiger partial charge is 0.497 e. The molecule has 0 aliphatic carbocycles. The topological polar surface area (TPSA) is 64.8 Å². The molecule has 0 aliphatic rings. The fraction of sp³-hybridized carbons (Fsp3) is 0.375. The molecule has 1 aromatic carbocycles. The number of rotatable bonds is 9. The van der Waals surface area contributed by atoms with E-state index in [4.69, 9.17) is 9.47 Å². The molecule has 0 saturated heterocycles. The van der Waals surface area contributed by atoms with Crippen molar-refractivity contribution < 1.29 is 22.6 Å². The summed E-state index contributed by atoms with van der Waals surface area (Å²) in [5.41, 5.74) is -0.575. The third kappa shape index (κ3) is 4.90. The van der Waals surface area contributed by atoms with Gasteiger partial charge in [-0.2, -0.15) is 22.8 Å². The van der Waals surface area contributed by atoms with E-state index in [1.807, 2.05) is 12.1 Å². The highest BCUT2D eigenvalue weighted by atomic mass is 32.1. The van der Waals surface area contributed by atoms with Crippen molar-refractivity contribution in [3.05, 3.63) is 46.1 Å². The first kappa shape index (κ1) is 24.8. The van der Waals surface area contributed by atoms with E-state index in [-0.39, 0.29) is 16.7 Å². The molecular formula is C24H26F3N5O2S. The Balaban J connectivity index is 1.86. The second-order valence-electron chi connectivity index (χ2n) is 7.84. The highest BCUT2D eigenvalue weighted by molar-refractivity contribution is 7.16. The number of benzene rings is 1. The predicted octanol–water partition coefficient (Wildman–Crippen LogP) is 5.06. The number of methoxy groups -OCH3 is 2. The number of fused-ring (bicyclic) bond motifs is 1. The first-order valence-electron chi connectivity index (χ1n) is 11.2. The van der Waals surface area contributed by atoms with Crippen LogP contribution in [0.5, 0.6) is 11.5 Å². The summed E-state index contributed by atoms with van der Waals surface area (Å²) in [5, 5.41) is 13.0. The molecule has 0 spiro atoms. The highest BCUT2D eigenvalue weighted by Gasteiger charge is 2.37. The number of unbranched alkanes of at least 4 members (excludes halogenated alkanes) is 1. The Morgan fingerprint density at radius 1 is 1.09 bits per heavy atom. The van der Waals surface area contributed by atoms with Gasteiger partial charge in [-0.15, -0.1) is 21.5 Å². The van der Waals surface area contributed by atoms with Crippen LogP contribution in [0.3, 0.4) is 0 Å². The summed E-state index contributed by atoms with van der Waals surface area (Å²) in [6.07, 6.45) is -1.07. The van der Waals surface area contributed by atoms with Crippen molar-refractivity contribution in [3.63, 3.8) is 0 Å². The van der Waals surface area contributed by atoms with Gasteiger partial charge >= 0.3 is 6.18 Å². The zero-order chi connectivity index (χ0) is 25.2. The molecule has 11 heteroatoms. The van der Waals surface area contributed by atoms with Crippen LogP contribution in [-0.4, -0.2) is 47.1 Å². The zero-order valence-corrected chi connectivity index (χ0v) is 20.7. The summed E-state index contributed by atoms with van der Waals surface area (Å²) in [4.78, 5) is 2.90. The number of hydrogen-bond donors (Lipinski definition) is 0. The van der Waals surface area contributed by atoms with Gasteiger partial charge in [-0.3, -0.25) is 0 Å². The number of halogens is 3. The van der Waals surface area contributed by atoms with Gasteiger partial charge in [0.15, 0.2) is 17.2 Å². The molecule has 0 fully saturated rings. The van der Waals surface area contributed by atoms with E-state index in [9.17, 15) is 13.2 Å². The quantitative estimate of drug-likeness (QED) is 0.317. The Hall–Kier alpha value is -3.34. The minimum absolute atomic E-state index is 0.0190. The number of hydrogen-bond acceptors (Lipinski definition) is 7. The summed E-state index contributed by atoms with van der Waals surface area (Å²) >= 11 is 1.44. The van der Waals surface area contributed by atoms with E-state index in [0.717, 1.165) is 35.4 Å². The Bertz CT molecular complexity index is 1370. The summed E-state index contributed by atoms with van der Waals surface area (Å²) in [7, 11) is 2.97. The Labute approximate surface area is 204 Å². The van der Waals surface area contributed by atoms with Crippen molar-refractivity contribution in [1.29, 1.82) is 0 Å². The fourth-order valence-corrected chi connectivity index (χ4v) is 4.85. The van der Waals surface area contributed by atoms with Crippen LogP contribution >= 0.6 is 11.3 Å². The van der Waals surface area contributed by atoms with Crippen LogP contribution in [0.15, 0.2) is 30.3 Å². The van der Waals surface area contributed by atoms with Crippen molar-refractivity contribution in [2.45, 2.75) is 32.9 Å². The van der Waals surface area contributed by atoms with Crippen LogP contribution < -0.4 is 19.6 Å². The second kappa shape index (κ2) is 10.1. The van der Waals surface area contributed by atoms with E-state index in [0.29, 0.717) is 21.9 Å². The first-order valence-corrected chi connectivity index (χ1v) is 12.0. The molecule has 35 heavy (non-hydrogen) atoms. The number of ether oxygens (including phenoxy) is 2. The normalized spacial score (nSPS) is 12.5. The Morgan fingerprint density at radius 2 is 1.89 bits per heavy atom. The average molecular weight is 506 g/mol. The Morgan fingerprint density at radius 3 is 2.54 bits per heavy atom. The van der Waals surface area contributed by atoms with Crippen molar-refractivity contribution in [2.75, 3.05) is 32.2 Å². The zero-order valence-electron chi connectivity index (χ0n) is 19.9. The van der Waals surface area contributed by atoms with Crippen molar-refractivity contribution in [3.8, 4) is 22.9 Å². The van der Waals surface area contributed by atoms with Crippen LogP contribution in [0.1, 0.15) is 37.3 Å². The van der Waals surface area contributed by atoms with Gasteiger partial charge in [0.25, 0.3) is 0 Å². The van der Waals surface area contributed by atoms with Gasteiger partial charge in [-0.05, 0) is 49.8 Å². The van der Waals surface area contributed by atoms with Gasteiger partial charge in [-0.1, -0.05) is 13.3 Å². The Kier molecular flexibility index (Phi) is 7.15. The lowest BCUT2D eigenvalue weighted by Crippen LogP contribution is -2.22. The summed E-state index contributed by atoms with van der Waals surface area (Å²) in [6, 6.07) is 8.73. The SMILES string of the molecule is CCCCN(CC)c1ccc(C=c2c(C(F)(F)F)nn3c(-c4cc(OC)ccc4OC)nnc23)s1. The number of aromatic nitrogens is 4. The molecule has 0 bridgehead atoms. The standard InChI is InChI=1S/C24H26F3N5O2S/c1-5-7-12-31(6-2)20-11-9-16(35-20)14-18-21(24(25,26)27)30-32-22(28-29-23(18)32)17-13-15(33-3)8-10-19(17)34-4/h8-11,13-14H,5-7,12H2,1-4H3. The monoisotopic (exact) mass is 505 g/mol. The van der Waals surface area contributed by atoms with Crippen molar-refractivity contribution in [2.24, 2.45) is 0 Å². The molecule has 0 aliphatic heterocycles. The summed E-state index contributed by atoms with van der Waals surface area (Å²) in [6.45, 7) is 5.92. The molecule has 0 unspecified atom stereocenters. The molecule has 3 heterocycles. The number of thiophene rings is 1. The van der Waals surface area contributed by atoms with Gasteiger partial charge in [0.05, 0.1) is 30.0 Å².